The van der Waals surface area contributed by atoms with Gasteiger partial charge in [-0.25, -0.2) is 0 Å². The summed E-state index contributed by atoms with van der Waals surface area (Å²) >= 11 is 1.75. The van der Waals surface area contributed by atoms with Crippen LogP contribution in [0.25, 0.3) is 0 Å². The highest BCUT2D eigenvalue weighted by atomic mass is 32.1. The standard InChI is InChI=1S/C12H14OS/c1-2-5-11(13)10-8-14-12-7-4-3-6-9(10)12/h2,8H,1,3-7H2. The molecule has 1 aromatic heterocycles. The van der Waals surface area contributed by atoms with E-state index in [-0.39, 0.29) is 5.78 Å². The second kappa shape index (κ2) is 4.09. The molecule has 0 bridgehead atoms. The predicted octanol–water partition coefficient (Wildman–Crippen LogP) is 3.39. The molecule has 2 rings (SSSR count). The molecule has 1 aliphatic carbocycles. The van der Waals surface area contributed by atoms with Gasteiger partial charge in [-0.3, -0.25) is 4.79 Å². The normalized spacial score (nSPS) is 14.9. The molecule has 0 saturated heterocycles. The number of ketones is 1. The second-order valence-corrected chi connectivity index (χ2v) is 4.64. The number of thiophene rings is 1. The monoisotopic (exact) mass is 206 g/mol. The van der Waals surface area contributed by atoms with Gasteiger partial charge in [0.05, 0.1) is 0 Å². The van der Waals surface area contributed by atoms with Crippen LogP contribution >= 0.6 is 11.3 Å². The molecule has 1 nitrogen and oxygen atoms in total. The third kappa shape index (κ3) is 1.67. The zero-order valence-electron chi connectivity index (χ0n) is 8.21. The van der Waals surface area contributed by atoms with Crippen LogP contribution in [-0.4, -0.2) is 5.78 Å². The van der Waals surface area contributed by atoms with Crippen molar-refractivity contribution in [3.8, 4) is 0 Å². The highest BCUT2D eigenvalue weighted by Crippen LogP contribution is 2.30. The Bertz CT molecular complexity index is 362. The lowest BCUT2D eigenvalue weighted by Crippen LogP contribution is -2.05. The van der Waals surface area contributed by atoms with Gasteiger partial charge in [0.1, 0.15) is 0 Å². The Labute approximate surface area is 88.5 Å². The second-order valence-electron chi connectivity index (χ2n) is 3.67. The number of aryl methyl sites for hydroxylation is 1. The van der Waals surface area contributed by atoms with E-state index < -0.39 is 0 Å². The number of Topliss-reactive ketones (excluding diaryl/α,β-unsaturated/α-hetero) is 1. The maximum absolute atomic E-state index is 11.7. The van der Waals surface area contributed by atoms with Crippen molar-refractivity contribution >= 4 is 17.1 Å². The summed E-state index contributed by atoms with van der Waals surface area (Å²) in [5.74, 6) is 0.236. The van der Waals surface area contributed by atoms with Crippen LogP contribution in [0.15, 0.2) is 18.0 Å². The fraction of sp³-hybridized carbons (Fsp3) is 0.417. The first-order chi connectivity index (χ1) is 6.83. The van der Waals surface area contributed by atoms with Crippen molar-refractivity contribution in [2.24, 2.45) is 0 Å². The van der Waals surface area contributed by atoms with Crippen molar-refractivity contribution in [1.29, 1.82) is 0 Å². The van der Waals surface area contributed by atoms with Gasteiger partial charge in [0.25, 0.3) is 0 Å². The average Bonchev–Trinajstić information content (AvgIpc) is 2.61. The van der Waals surface area contributed by atoms with E-state index in [1.807, 2.05) is 5.38 Å². The van der Waals surface area contributed by atoms with Crippen molar-refractivity contribution in [3.05, 3.63) is 34.0 Å². The highest BCUT2D eigenvalue weighted by molar-refractivity contribution is 7.10. The topological polar surface area (TPSA) is 17.1 Å². The summed E-state index contributed by atoms with van der Waals surface area (Å²) in [6, 6.07) is 0. The number of carbonyl (C=O) groups excluding carboxylic acids is 1. The maximum atomic E-state index is 11.7. The Hall–Kier alpha value is -0.890. The van der Waals surface area contributed by atoms with E-state index in [1.54, 1.807) is 17.4 Å². The van der Waals surface area contributed by atoms with Crippen molar-refractivity contribution in [2.75, 3.05) is 0 Å². The van der Waals surface area contributed by atoms with E-state index in [9.17, 15) is 4.79 Å². The molecular weight excluding hydrogens is 192 g/mol. The lowest BCUT2D eigenvalue weighted by atomic mass is 9.94. The molecule has 74 valence electrons. The minimum Gasteiger partial charge on any atom is -0.294 e. The quantitative estimate of drug-likeness (QED) is 0.547. The van der Waals surface area contributed by atoms with Gasteiger partial charge < -0.3 is 0 Å². The van der Waals surface area contributed by atoms with Crippen molar-refractivity contribution in [2.45, 2.75) is 32.1 Å². The third-order valence-corrected chi connectivity index (χ3v) is 3.78. The molecule has 0 aromatic carbocycles. The van der Waals surface area contributed by atoms with Crippen LogP contribution in [0.3, 0.4) is 0 Å². The zero-order valence-corrected chi connectivity index (χ0v) is 9.03. The summed E-state index contributed by atoms with van der Waals surface area (Å²) in [5.41, 5.74) is 2.29. The molecule has 1 heterocycles. The fourth-order valence-electron chi connectivity index (χ4n) is 1.97. The summed E-state index contributed by atoms with van der Waals surface area (Å²) in [4.78, 5) is 13.1. The summed E-state index contributed by atoms with van der Waals surface area (Å²) < 4.78 is 0. The van der Waals surface area contributed by atoms with Crippen LogP contribution in [0.2, 0.25) is 0 Å². The fourth-order valence-corrected chi connectivity index (χ4v) is 3.12. The van der Waals surface area contributed by atoms with E-state index >= 15 is 0 Å². The Balaban J connectivity index is 2.30. The molecule has 0 amide bonds. The minimum atomic E-state index is 0.236. The molecule has 0 N–H and O–H groups in total. The molecular formula is C12H14OS. The molecule has 1 aliphatic rings. The van der Waals surface area contributed by atoms with Gasteiger partial charge in [0, 0.05) is 22.2 Å². The molecule has 2 heteroatoms. The summed E-state index contributed by atoms with van der Waals surface area (Å²) in [7, 11) is 0. The molecule has 14 heavy (non-hydrogen) atoms. The maximum Gasteiger partial charge on any atom is 0.167 e. The van der Waals surface area contributed by atoms with Gasteiger partial charge in [0.15, 0.2) is 5.78 Å². The van der Waals surface area contributed by atoms with Crippen LogP contribution in [0.1, 0.15) is 40.1 Å². The van der Waals surface area contributed by atoms with Crippen LogP contribution in [0.5, 0.6) is 0 Å². The number of hydrogen-bond acceptors (Lipinski definition) is 2. The Morgan fingerprint density at radius 3 is 3.07 bits per heavy atom. The Kier molecular flexibility index (Phi) is 2.82. The first-order valence-corrected chi connectivity index (χ1v) is 5.94. The first kappa shape index (κ1) is 9.66. The van der Waals surface area contributed by atoms with Crippen molar-refractivity contribution in [3.63, 3.8) is 0 Å². The van der Waals surface area contributed by atoms with Crippen LogP contribution < -0.4 is 0 Å². The summed E-state index contributed by atoms with van der Waals surface area (Å²) in [6.07, 6.45) is 6.94. The Morgan fingerprint density at radius 2 is 2.29 bits per heavy atom. The van der Waals surface area contributed by atoms with E-state index in [4.69, 9.17) is 0 Å². The lowest BCUT2D eigenvalue weighted by Gasteiger charge is -2.11. The molecule has 0 saturated carbocycles. The minimum absolute atomic E-state index is 0.236. The van der Waals surface area contributed by atoms with Gasteiger partial charge in [-0.1, -0.05) is 6.08 Å². The van der Waals surface area contributed by atoms with E-state index in [2.05, 4.69) is 6.58 Å². The number of carbonyl (C=O) groups is 1. The number of allylic oxidation sites excluding steroid dienone is 1. The SMILES string of the molecule is C=CCC(=O)c1csc2c1CCCC2. The van der Waals surface area contributed by atoms with Crippen LogP contribution in [0, 0.1) is 0 Å². The average molecular weight is 206 g/mol. The number of hydrogen-bond donors (Lipinski definition) is 0. The smallest absolute Gasteiger partial charge is 0.167 e. The van der Waals surface area contributed by atoms with Gasteiger partial charge in [-0.2, -0.15) is 0 Å². The van der Waals surface area contributed by atoms with Crippen molar-refractivity contribution in [1.82, 2.24) is 0 Å². The molecule has 0 fully saturated rings. The van der Waals surface area contributed by atoms with Crippen molar-refractivity contribution < 1.29 is 4.79 Å². The summed E-state index contributed by atoms with van der Waals surface area (Å²) in [5, 5.41) is 2.03. The lowest BCUT2D eigenvalue weighted by molar-refractivity contribution is 0.0995. The molecule has 0 unspecified atom stereocenters. The largest absolute Gasteiger partial charge is 0.294 e. The molecule has 0 aliphatic heterocycles. The van der Waals surface area contributed by atoms with Gasteiger partial charge >= 0.3 is 0 Å². The van der Waals surface area contributed by atoms with Gasteiger partial charge in [0.2, 0.25) is 0 Å². The zero-order chi connectivity index (χ0) is 9.97. The van der Waals surface area contributed by atoms with E-state index in [0.717, 1.165) is 12.0 Å². The predicted molar refractivity (Wildman–Crippen MR) is 60.1 cm³/mol. The number of rotatable bonds is 3. The highest BCUT2D eigenvalue weighted by Gasteiger charge is 2.18. The molecule has 0 atom stereocenters. The molecule has 1 aromatic rings. The number of fused-ring (bicyclic) bond motifs is 1. The first-order valence-electron chi connectivity index (χ1n) is 5.06. The molecule has 0 radical (unpaired) electrons. The summed E-state index contributed by atoms with van der Waals surface area (Å²) in [6.45, 7) is 3.61. The Morgan fingerprint density at radius 1 is 1.50 bits per heavy atom. The van der Waals surface area contributed by atoms with Gasteiger partial charge in [-0.15, -0.1) is 17.9 Å². The third-order valence-electron chi connectivity index (χ3n) is 2.69. The van der Waals surface area contributed by atoms with Gasteiger partial charge in [-0.05, 0) is 31.2 Å². The van der Waals surface area contributed by atoms with E-state index in [1.165, 1.54) is 29.7 Å². The van der Waals surface area contributed by atoms with Crippen LogP contribution in [-0.2, 0) is 12.8 Å². The van der Waals surface area contributed by atoms with E-state index in [0.29, 0.717) is 6.42 Å². The molecule has 0 spiro atoms. The van der Waals surface area contributed by atoms with Crippen LogP contribution in [0.4, 0.5) is 0 Å².